The van der Waals surface area contributed by atoms with E-state index in [9.17, 15) is 0 Å². The molecule has 2 rings (SSSR count). The van der Waals surface area contributed by atoms with E-state index in [1.807, 2.05) is 0 Å². The highest BCUT2D eigenvalue weighted by Gasteiger charge is 2.43. The number of likely N-dealkylation sites (tertiary alicyclic amines) is 1. The summed E-state index contributed by atoms with van der Waals surface area (Å²) in [6.45, 7) is 5.04. The Labute approximate surface area is 100 Å². The molecule has 2 fully saturated rings. The van der Waals surface area contributed by atoms with Crippen LogP contribution in [0.5, 0.6) is 0 Å². The lowest BCUT2D eigenvalue weighted by atomic mass is 10.0. The zero-order valence-corrected chi connectivity index (χ0v) is 11.1. The molecule has 94 valence electrons. The summed E-state index contributed by atoms with van der Waals surface area (Å²) in [5.74, 6) is 0. The topological polar surface area (TPSA) is 18.5 Å². The summed E-state index contributed by atoms with van der Waals surface area (Å²) < 4.78 is 0. The lowest BCUT2D eigenvalue weighted by Crippen LogP contribution is -2.45. The van der Waals surface area contributed by atoms with Crippen LogP contribution in [0.4, 0.5) is 0 Å². The zero-order chi connectivity index (χ0) is 11.6. The summed E-state index contributed by atoms with van der Waals surface area (Å²) in [5.41, 5.74) is 0.618. The van der Waals surface area contributed by atoms with E-state index in [2.05, 4.69) is 36.3 Å². The molecule has 0 aromatic heterocycles. The van der Waals surface area contributed by atoms with Gasteiger partial charge in [0.25, 0.3) is 0 Å². The molecule has 3 nitrogen and oxygen atoms in total. The third-order valence-electron chi connectivity index (χ3n) is 4.41. The fraction of sp³-hybridized carbons (Fsp3) is 1.00. The van der Waals surface area contributed by atoms with E-state index in [4.69, 9.17) is 0 Å². The standard InChI is InChI=1S/C13H27N3/c1-14-10-13(6-7-13)11-16(3)12-4-8-15(2)9-5-12/h12,14H,4-11H2,1-3H3. The molecule has 1 heterocycles. The van der Waals surface area contributed by atoms with Gasteiger partial charge in [-0.2, -0.15) is 0 Å². The van der Waals surface area contributed by atoms with E-state index in [1.54, 1.807) is 0 Å². The Morgan fingerprint density at radius 3 is 2.44 bits per heavy atom. The fourth-order valence-corrected chi connectivity index (χ4v) is 3.04. The van der Waals surface area contributed by atoms with Crippen LogP contribution in [-0.2, 0) is 0 Å². The van der Waals surface area contributed by atoms with Gasteiger partial charge in [-0.1, -0.05) is 0 Å². The third kappa shape index (κ3) is 2.96. The Morgan fingerprint density at radius 2 is 1.94 bits per heavy atom. The Kier molecular flexibility index (Phi) is 3.88. The summed E-state index contributed by atoms with van der Waals surface area (Å²) in [7, 11) is 6.64. The molecule has 16 heavy (non-hydrogen) atoms. The Hall–Kier alpha value is -0.120. The number of hydrogen-bond donors (Lipinski definition) is 1. The number of rotatable bonds is 5. The molecule has 1 saturated heterocycles. The van der Waals surface area contributed by atoms with Crippen molar-refractivity contribution in [1.82, 2.24) is 15.1 Å². The summed E-state index contributed by atoms with van der Waals surface area (Å²) in [6, 6.07) is 0.825. The van der Waals surface area contributed by atoms with Crippen molar-refractivity contribution in [3.8, 4) is 0 Å². The number of piperidine rings is 1. The number of hydrogen-bond acceptors (Lipinski definition) is 3. The molecule has 1 aliphatic carbocycles. The first-order valence-corrected chi connectivity index (χ1v) is 6.69. The van der Waals surface area contributed by atoms with Gasteiger partial charge >= 0.3 is 0 Å². The molecule has 1 N–H and O–H groups in total. The lowest BCUT2D eigenvalue weighted by Gasteiger charge is -2.37. The maximum atomic E-state index is 3.35. The van der Waals surface area contributed by atoms with Gasteiger partial charge in [-0.05, 0) is 65.3 Å². The van der Waals surface area contributed by atoms with E-state index >= 15 is 0 Å². The summed E-state index contributed by atoms with van der Waals surface area (Å²) in [5, 5.41) is 3.35. The molecule has 1 aliphatic heterocycles. The highest BCUT2D eigenvalue weighted by molar-refractivity contribution is 4.97. The van der Waals surface area contributed by atoms with Crippen molar-refractivity contribution in [2.45, 2.75) is 31.7 Å². The minimum Gasteiger partial charge on any atom is -0.319 e. The Balaban J connectivity index is 1.77. The molecule has 0 amide bonds. The van der Waals surface area contributed by atoms with Gasteiger partial charge in [0.05, 0.1) is 0 Å². The van der Waals surface area contributed by atoms with Crippen molar-refractivity contribution in [2.24, 2.45) is 5.41 Å². The average Bonchev–Trinajstić information content (AvgIpc) is 2.99. The van der Waals surface area contributed by atoms with Gasteiger partial charge in [-0.25, -0.2) is 0 Å². The van der Waals surface area contributed by atoms with Gasteiger partial charge in [-0.3, -0.25) is 0 Å². The minimum absolute atomic E-state index is 0.618. The largest absolute Gasteiger partial charge is 0.319 e. The minimum atomic E-state index is 0.618. The maximum Gasteiger partial charge on any atom is 0.0117 e. The van der Waals surface area contributed by atoms with E-state index < -0.39 is 0 Å². The monoisotopic (exact) mass is 225 g/mol. The predicted octanol–water partition coefficient (Wildman–Crippen LogP) is 1.01. The first-order valence-electron chi connectivity index (χ1n) is 6.69. The average molecular weight is 225 g/mol. The van der Waals surface area contributed by atoms with Gasteiger partial charge in [0.2, 0.25) is 0 Å². The van der Waals surface area contributed by atoms with Crippen molar-refractivity contribution in [1.29, 1.82) is 0 Å². The molecule has 0 aromatic rings. The zero-order valence-electron chi connectivity index (χ0n) is 11.1. The molecule has 0 aromatic carbocycles. The van der Waals surface area contributed by atoms with Crippen LogP contribution in [-0.4, -0.2) is 63.2 Å². The van der Waals surface area contributed by atoms with Gasteiger partial charge in [0.1, 0.15) is 0 Å². The molecule has 0 radical (unpaired) electrons. The van der Waals surface area contributed by atoms with Crippen molar-refractivity contribution < 1.29 is 0 Å². The van der Waals surface area contributed by atoms with Crippen LogP contribution in [0, 0.1) is 5.41 Å². The molecule has 1 saturated carbocycles. The second-order valence-electron chi connectivity index (χ2n) is 5.98. The summed E-state index contributed by atoms with van der Waals surface area (Å²) >= 11 is 0. The van der Waals surface area contributed by atoms with Gasteiger partial charge < -0.3 is 15.1 Å². The second-order valence-corrected chi connectivity index (χ2v) is 5.98. The summed E-state index contributed by atoms with van der Waals surface area (Å²) in [4.78, 5) is 5.07. The normalized spacial score (nSPS) is 26.2. The van der Waals surface area contributed by atoms with Gasteiger partial charge in [0, 0.05) is 19.1 Å². The number of nitrogens with zero attached hydrogens (tertiary/aromatic N) is 2. The lowest BCUT2D eigenvalue weighted by molar-refractivity contribution is 0.124. The molecule has 0 atom stereocenters. The van der Waals surface area contributed by atoms with Crippen molar-refractivity contribution in [3.63, 3.8) is 0 Å². The van der Waals surface area contributed by atoms with Crippen LogP contribution >= 0.6 is 0 Å². The van der Waals surface area contributed by atoms with Crippen LogP contribution in [0.15, 0.2) is 0 Å². The van der Waals surface area contributed by atoms with E-state index in [0.29, 0.717) is 5.41 Å². The van der Waals surface area contributed by atoms with Crippen molar-refractivity contribution in [2.75, 3.05) is 47.3 Å². The molecular weight excluding hydrogens is 198 g/mol. The van der Waals surface area contributed by atoms with Crippen LogP contribution in [0.2, 0.25) is 0 Å². The molecule has 0 bridgehead atoms. The third-order valence-corrected chi connectivity index (χ3v) is 4.41. The van der Waals surface area contributed by atoms with E-state index in [-0.39, 0.29) is 0 Å². The predicted molar refractivity (Wildman–Crippen MR) is 68.7 cm³/mol. The van der Waals surface area contributed by atoms with Crippen molar-refractivity contribution >= 4 is 0 Å². The van der Waals surface area contributed by atoms with Crippen molar-refractivity contribution in [3.05, 3.63) is 0 Å². The van der Waals surface area contributed by atoms with Crippen LogP contribution < -0.4 is 5.32 Å². The fourth-order valence-electron chi connectivity index (χ4n) is 3.04. The smallest absolute Gasteiger partial charge is 0.0117 e. The highest BCUT2D eigenvalue weighted by Crippen LogP contribution is 2.45. The van der Waals surface area contributed by atoms with Crippen LogP contribution in [0.1, 0.15) is 25.7 Å². The second kappa shape index (κ2) is 5.03. The van der Waals surface area contributed by atoms with Crippen LogP contribution in [0.25, 0.3) is 0 Å². The van der Waals surface area contributed by atoms with Crippen LogP contribution in [0.3, 0.4) is 0 Å². The SMILES string of the molecule is CNCC1(CN(C)C2CCN(C)CC2)CC1. The summed E-state index contributed by atoms with van der Waals surface area (Å²) in [6.07, 6.45) is 5.54. The van der Waals surface area contributed by atoms with Gasteiger partial charge in [-0.15, -0.1) is 0 Å². The van der Waals surface area contributed by atoms with Gasteiger partial charge in [0.15, 0.2) is 0 Å². The maximum absolute atomic E-state index is 3.35. The molecule has 0 spiro atoms. The molecular formula is C13H27N3. The van der Waals surface area contributed by atoms with E-state index in [1.165, 1.54) is 51.9 Å². The molecule has 0 unspecified atom stereocenters. The molecule has 3 heteroatoms. The Morgan fingerprint density at radius 1 is 1.31 bits per heavy atom. The molecule has 2 aliphatic rings. The first-order chi connectivity index (χ1) is 7.65. The number of nitrogens with one attached hydrogen (secondary N) is 1. The highest BCUT2D eigenvalue weighted by atomic mass is 15.2. The Bertz CT molecular complexity index is 217. The first kappa shape index (κ1) is 12.3. The van der Waals surface area contributed by atoms with E-state index in [0.717, 1.165) is 6.04 Å². The quantitative estimate of drug-likeness (QED) is 0.753.